The van der Waals surface area contributed by atoms with Crippen LogP contribution in [-0.4, -0.2) is 32.2 Å². The summed E-state index contributed by atoms with van der Waals surface area (Å²) in [7, 11) is 0. The molecule has 2 aromatic rings. The number of carbonyl (C=O) groups excluding carboxylic acids is 1. The van der Waals surface area contributed by atoms with Crippen LogP contribution >= 0.6 is 0 Å². The van der Waals surface area contributed by atoms with Crippen LogP contribution in [0.4, 0.5) is 5.69 Å². The van der Waals surface area contributed by atoms with E-state index in [0.717, 1.165) is 37.4 Å². The van der Waals surface area contributed by atoms with Crippen LogP contribution in [0.5, 0.6) is 0 Å². The number of para-hydroxylation sites is 1. The minimum absolute atomic E-state index is 0.0737. The molecular formula is C19H23N3O2. The second-order valence-electron chi connectivity index (χ2n) is 5.81. The van der Waals surface area contributed by atoms with Crippen molar-refractivity contribution in [2.24, 2.45) is 5.73 Å². The number of nitrogens with two attached hydrogens (primary N) is 1. The molecule has 3 N–H and O–H groups in total. The molecule has 1 amide bonds. The molecule has 0 saturated carbocycles. The smallest absolute Gasteiger partial charge is 0.251 e. The minimum Gasteiger partial charge on any atom is -0.378 e. The van der Waals surface area contributed by atoms with Crippen molar-refractivity contribution in [1.82, 2.24) is 5.32 Å². The van der Waals surface area contributed by atoms with Crippen molar-refractivity contribution < 1.29 is 9.53 Å². The Morgan fingerprint density at radius 3 is 2.50 bits per heavy atom. The SMILES string of the molecule is NCc1ccc(C(=O)NCc2ccccc2N2CCOCC2)cc1. The standard InChI is InChI=1S/C19H23N3O2/c20-13-15-5-7-16(8-6-15)19(23)21-14-17-3-1-2-4-18(17)22-9-11-24-12-10-22/h1-8H,9-14,20H2,(H,21,23). The molecule has 1 heterocycles. The Morgan fingerprint density at radius 1 is 1.08 bits per heavy atom. The van der Waals surface area contributed by atoms with E-state index in [2.05, 4.69) is 22.3 Å². The molecule has 0 radical (unpaired) electrons. The van der Waals surface area contributed by atoms with Crippen LogP contribution in [0, 0.1) is 0 Å². The number of morpholine rings is 1. The molecule has 5 heteroatoms. The third-order valence-corrected chi connectivity index (χ3v) is 4.23. The minimum atomic E-state index is -0.0737. The van der Waals surface area contributed by atoms with Gasteiger partial charge in [-0.25, -0.2) is 0 Å². The quantitative estimate of drug-likeness (QED) is 0.881. The Bertz CT molecular complexity index is 679. The van der Waals surface area contributed by atoms with Crippen LogP contribution in [0.3, 0.4) is 0 Å². The summed E-state index contributed by atoms with van der Waals surface area (Å²) < 4.78 is 5.42. The largest absolute Gasteiger partial charge is 0.378 e. The molecule has 1 saturated heterocycles. The van der Waals surface area contributed by atoms with Gasteiger partial charge in [-0.3, -0.25) is 4.79 Å². The number of hydrogen-bond acceptors (Lipinski definition) is 4. The van der Waals surface area contributed by atoms with E-state index in [9.17, 15) is 4.79 Å². The van der Waals surface area contributed by atoms with Gasteiger partial charge in [-0.1, -0.05) is 30.3 Å². The van der Waals surface area contributed by atoms with Gasteiger partial charge in [0, 0.05) is 37.4 Å². The maximum atomic E-state index is 12.3. The maximum absolute atomic E-state index is 12.3. The molecule has 2 aromatic carbocycles. The first-order valence-electron chi connectivity index (χ1n) is 8.26. The number of hydrogen-bond donors (Lipinski definition) is 2. The third kappa shape index (κ3) is 3.93. The monoisotopic (exact) mass is 325 g/mol. The Balaban J connectivity index is 1.66. The molecule has 0 aliphatic carbocycles. The van der Waals surface area contributed by atoms with Gasteiger partial charge in [0.05, 0.1) is 13.2 Å². The molecule has 0 unspecified atom stereocenters. The van der Waals surface area contributed by atoms with Gasteiger partial charge in [0.1, 0.15) is 0 Å². The van der Waals surface area contributed by atoms with E-state index in [-0.39, 0.29) is 5.91 Å². The first-order chi connectivity index (χ1) is 11.8. The van der Waals surface area contributed by atoms with Gasteiger partial charge in [0.25, 0.3) is 5.91 Å². The molecular weight excluding hydrogens is 302 g/mol. The molecule has 0 aromatic heterocycles. The molecule has 0 atom stereocenters. The molecule has 24 heavy (non-hydrogen) atoms. The lowest BCUT2D eigenvalue weighted by Gasteiger charge is -2.30. The highest BCUT2D eigenvalue weighted by Gasteiger charge is 2.15. The van der Waals surface area contributed by atoms with Crippen molar-refractivity contribution in [2.75, 3.05) is 31.2 Å². The highest BCUT2D eigenvalue weighted by atomic mass is 16.5. The molecule has 126 valence electrons. The fraction of sp³-hybridized carbons (Fsp3) is 0.316. The lowest BCUT2D eigenvalue weighted by Crippen LogP contribution is -2.37. The fourth-order valence-electron chi connectivity index (χ4n) is 2.84. The third-order valence-electron chi connectivity index (χ3n) is 4.23. The summed E-state index contributed by atoms with van der Waals surface area (Å²) >= 11 is 0. The van der Waals surface area contributed by atoms with Crippen molar-refractivity contribution in [3.05, 3.63) is 65.2 Å². The number of ether oxygens (including phenoxy) is 1. The molecule has 3 rings (SSSR count). The van der Waals surface area contributed by atoms with Crippen molar-refractivity contribution in [1.29, 1.82) is 0 Å². The van der Waals surface area contributed by atoms with E-state index >= 15 is 0 Å². The van der Waals surface area contributed by atoms with Crippen molar-refractivity contribution >= 4 is 11.6 Å². The summed E-state index contributed by atoms with van der Waals surface area (Å²) in [6, 6.07) is 15.6. The number of benzene rings is 2. The summed E-state index contributed by atoms with van der Waals surface area (Å²) in [6.45, 7) is 4.24. The summed E-state index contributed by atoms with van der Waals surface area (Å²) in [6.07, 6.45) is 0. The summed E-state index contributed by atoms with van der Waals surface area (Å²) in [5, 5.41) is 3.00. The zero-order chi connectivity index (χ0) is 16.8. The molecule has 1 aliphatic heterocycles. The van der Waals surface area contributed by atoms with Gasteiger partial charge in [0.2, 0.25) is 0 Å². The zero-order valence-electron chi connectivity index (χ0n) is 13.7. The Hall–Kier alpha value is -2.37. The van der Waals surface area contributed by atoms with Crippen LogP contribution in [0.15, 0.2) is 48.5 Å². The molecule has 5 nitrogen and oxygen atoms in total. The number of nitrogens with one attached hydrogen (secondary N) is 1. The molecule has 0 spiro atoms. The molecule has 1 fully saturated rings. The van der Waals surface area contributed by atoms with Crippen LogP contribution in [0.1, 0.15) is 21.5 Å². The Kier molecular flexibility index (Phi) is 5.46. The summed E-state index contributed by atoms with van der Waals surface area (Å²) in [5.74, 6) is -0.0737. The number of carbonyl (C=O) groups is 1. The van der Waals surface area contributed by atoms with Crippen LogP contribution in [0.25, 0.3) is 0 Å². The number of anilines is 1. The van der Waals surface area contributed by atoms with Gasteiger partial charge in [-0.05, 0) is 29.3 Å². The Morgan fingerprint density at radius 2 is 1.79 bits per heavy atom. The van der Waals surface area contributed by atoms with Crippen LogP contribution < -0.4 is 16.0 Å². The van der Waals surface area contributed by atoms with E-state index in [4.69, 9.17) is 10.5 Å². The average Bonchev–Trinajstić information content (AvgIpc) is 2.67. The van der Waals surface area contributed by atoms with E-state index in [0.29, 0.717) is 18.7 Å². The van der Waals surface area contributed by atoms with Crippen molar-refractivity contribution in [2.45, 2.75) is 13.1 Å². The van der Waals surface area contributed by atoms with Gasteiger partial charge in [0.15, 0.2) is 0 Å². The zero-order valence-corrected chi connectivity index (χ0v) is 13.7. The number of rotatable bonds is 5. The topological polar surface area (TPSA) is 67.6 Å². The van der Waals surface area contributed by atoms with Crippen LogP contribution in [0.2, 0.25) is 0 Å². The van der Waals surface area contributed by atoms with Gasteiger partial charge >= 0.3 is 0 Å². The van der Waals surface area contributed by atoms with E-state index < -0.39 is 0 Å². The first-order valence-corrected chi connectivity index (χ1v) is 8.26. The highest BCUT2D eigenvalue weighted by molar-refractivity contribution is 5.94. The highest BCUT2D eigenvalue weighted by Crippen LogP contribution is 2.21. The molecule has 1 aliphatic rings. The maximum Gasteiger partial charge on any atom is 0.251 e. The predicted molar refractivity (Wildman–Crippen MR) is 95.0 cm³/mol. The second kappa shape index (κ2) is 7.95. The van der Waals surface area contributed by atoms with Gasteiger partial charge in [-0.2, -0.15) is 0 Å². The number of amides is 1. The van der Waals surface area contributed by atoms with Crippen molar-refractivity contribution in [3.63, 3.8) is 0 Å². The van der Waals surface area contributed by atoms with Crippen LogP contribution in [-0.2, 0) is 17.8 Å². The predicted octanol–water partition coefficient (Wildman–Crippen LogP) is 1.91. The van der Waals surface area contributed by atoms with Crippen molar-refractivity contribution in [3.8, 4) is 0 Å². The van der Waals surface area contributed by atoms with E-state index in [1.165, 1.54) is 5.69 Å². The van der Waals surface area contributed by atoms with Gasteiger partial charge < -0.3 is 20.7 Å². The van der Waals surface area contributed by atoms with Gasteiger partial charge in [-0.15, -0.1) is 0 Å². The second-order valence-corrected chi connectivity index (χ2v) is 5.81. The molecule has 0 bridgehead atoms. The van der Waals surface area contributed by atoms with E-state index in [1.807, 2.05) is 36.4 Å². The average molecular weight is 325 g/mol. The first kappa shape index (κ1) is 16.5. The van der Waals surface area contributed by atoms with E-state index in [1.54, 1.807) is 0 Å². The lowest BCUT2D eigenvalue weighted by molar-refractivity contribution is 0.0950. The fourth-order valence-corrected chi connectivity index (χ4v) is 2.84. The number of nitrogens with zero attached hydrogens (tertiary/aromatic N) is 1. The normalized spacial score (nSPS) is 14.5. The summed E-state index contributed by atoms with van der Waals surface area (Å²) in [4.78, 5) is 14.6. The Labute approximate surface area is 142 Å². The lowest BCUT2D eigenvalue weighted by atomic mass is 10.1. The summed E-state index contributed by atoms with van der Waals surface area (Å²) in [5.41, 5.74) is 9.53.